The third-order valence-electron chi connectivity index (χ3n) is 5.33. The van der Waals surface area contributed by atoms with Gasteiger partial charge in [0, 0.05) is 27.0 Å². The number of nitrogens with zero attached hydrogens (tertiary/aromatic N) is 1. The first-order valence-corrected chi connectivity index (χ1v) is 8.51. The first-order chi connectivity index (χ1) is 12.9. The SMILES string of the molecule is N.N.O=C(OCC1c2ccccc2-c2ccccc21)N1CC(C(=O)O)(C(=O)O)C1.[Pt]. The topological polar surface area (TPSA) is 174 Å². The Kier molecular flexibility index (Phi) is 7.91. The van der Waals surface area contributed by atoms with Crippen LogP contribution in [0.15, 0.2) is 48.5 Å². The molecule has 0 spiro atoms. The van der Waals surface area contributed by atoms with E-state index in [1.54, 1.807) is 0 Å². The van der Waals surface area contributed by atoms with Crippen molar-refractivity contribution in [3.05, 3.63) is 59.7 Å². The van der Waals surface area contributed by atoms with Gasteiger partial charge >= 0.3 is 18.0 Å². The number of hydrogen-bond acceptors (Lipinski definition) is 6. The van der Waals surface area contributed by atoms with Crippen LogP contribution in [0.5, 0.6) is 0 Å². The molecule has 0 bridgehead atoms. The molecule has 1 amide bonds. The molecule has 1 saturated heterocycles. The van der Waals surface area contributed by atoms with Crippen molar-refractivity contribution in [2.24, 2.45) is 5.41 Å². The predicted octanol–water partition coefficient (Wildman–Crippen LogP) is 2.73. The molecule has 10 heteroatoms. The Balaban J connectivity index is 0.00000150. The van der Waals surface area contributed by atoms with E-state index >= 15 is 0 Å². The van der Waals surface area contributed by atoms with Crippen LogP contribution in [0.4, 0.5) is 4.79 Å². The molecule has 0 unspecified atom stereocenters. The maximum atomic E-state index is 12.3. The van der Waals surface area contributed by atoms with Crippen LogP contribution in [-0.4, -0.2) is 52.8 Å². The quantitative estimate of drug-likeness (QED) is 0.390. The van der Waals surface area contributed by atoms with Gasteiger partial charge in [-0.15, -0.1) is 0 Å². The minimum atomic E-state index is -1.94. The van der Waals surface area contributed by atoms with Gasteiger partial charge in [0.25, 0.3) is 0 Å². The molecule has 9 nitrogen and oxygen atoms in total. The van der Waals surface area contributed by atoms with E-state index < -0.39 is 36.5 Å². The Morgan fingerprint density at radius 1 is 0.900 bits per heavy atom. The fourth-order valence-electron chi connectivity index (χ4n) is 3.78. The maximum absolute atomic E-state index is 12.3. The van der Waals surface area contributed by atoms with Crippen LogP contribution in [0.2, 0.25) is 0 Å². The van der Waals surface area contributed by atoms with Gasteiger partial charge in [0.1, 0.15) is 6.61 Å². The van der Waals surface area contributed by atoms with Crippen molar-refractivity contribution in [1.82, 2.24) is 17.2 Å². The summed E-state index contributed by atoms with van der Waals surface area (Å²) in [7, 11) is 0. The molecule has 4 rings (SSSR count). The fourth-order valence-corrected chi connectivity index (χ4v) is 3.78. The van der Waals surface area contributed by atoms with Crippen LogP contribution in [0.3, 0.4) is 0 Å². The maximum Gasteiger partial charge on any atom is 0.409 e. The number of carboxylic acids is 2. The Labute approximate surface area is 187 Å². The average molecular weight is 596 g/mol. The molecule has 0 saturated carbocycles. The van der Waals surface area contributed by atoms with E-state index in [0.29, 0.717) is 0 Å². The van der Waals surface area contributed by atoms with Gasteiger partial charge in [-0.1, -0.05) is 48.5 Å². The number of aliphatic carboxylic acids is 2. The first kappa shape index (κ1) is 25.3. The normalized spacial score (nSPS) is 15.1. The van der Waals surface area contributed by atoms with E-state index in [4.69, 9.17) is 14.9 Å². The Hall–Kier alpha value is -2.74. The molecule has 2 aromatic rings. The van der Waals surface area contributed by atoms with Crippen LogP contribution in [0, 0.1) is 5.41 Å². The van der Waals surface area contributed by atoms with Crippen molar-refractivity contribution in [3.63, 3.8) is 0 Å². The average Bonchev–Trinajstić information content (AvgIpc) is 2.92. The van der Waals surface area contributed by atoms with E-state index in [9.17, 15) is 14.4 Å². The van der Waals surface area contributed by atoms with E-state index in [0.717, 1.165) is 27.2 Å². The molecular weight excluding hydrogens is 573 g/mol. The Bertz CT molecular complexity index is 900. The third-order valence-corrected chi connectivity index (χ3v) is 5.33. The van der Waals surface area contributed by atoms with E-state index in [2.05, 4.69) is 0 Å². The molecular formula is C20H23N3O6Pt. The van der Waals surface area contributed by atoms with Crippen LogP contribution in [-0.2, 0) is 35.4 Å². The van der Waals surface area contributed by atoms with Crippen molar-refractivity contribution in [3.8, 4) is 11.1 Å². The molecule has 1 aliphatic carbocycles. The van der Waals surface area contributed by atoms with Crippen molar-refractivity contribution >= 4 is 18.0 Å². The third kappa shape index (κ3) is 3.83. The summed E-state index contributed by atoms with van der Waals surface area (Å²) in [6.45, 7) is -0.681. The molecule has 0 atom stereocenters. The summed E-state index contributed by atoms with van der Waals surface area (Å²) in [5, 5.41) is 18.2. The predicted molar refractivity (Wildman–Crippen MR) is 104 cm³/mol. The van der Waals surface area contributed by atoms with E-state index in [1.807, 2.05) is 48.5 Å². The molecule has 2 aliphatic rings. The Morgan fingerprint density at radius 3 is 1.77 bits per heavy atom. The summed E-state index contributed by atoms with van der Waals surface area (Å²) in [6, 6.07) is 15.8. The van der Waals surface area contributed by atoms with E-state index in [1.165, 1.54) is 0 Å². The number of benzene rings is 2. The minimum Gasteiger partial charge on any atom is -0.480 e. The van der Waals surface area contributed by atoms with Crippen LogP contribution >= 0.6 is 0 Å². The zero-order valence-electron chi connectivity index (χ0n) is 16.0. The van der Waals surface area contributed by atoms with Gasteiger partial charge in [0.15, 0.2) is 5.41 Å². The summed E-state index contributed by atoms with van der Waals surface area (Å²) in [5.41, 5.74) is 2.41. The van der Waals surface area contributed by atoms with E-state index in [-0.39, 0.29) is 45.9 Å². The van der Waals surface area contributed by atoms with Gasteiger partial charge in [0.2, 0.25) is 0 Å². The van der Waals surface area contributed by atoms with Crippen molar-refractivity contribution in [2.75, 3.05) is 19.7 Å². The molecule has 164 valence electrons. The second-order valence-electron chi connectivity index (χ2n) is 6.85. The van der Waals surface area contributed by atoms with Crippen molar-refractivity contribution in [2.45, 2.75) is 5.92 Å². The van der Waals surface area contributed by atoms with Crippen molar-refractivity contribution in [1.29, 1.82) is 0 Å². The summed E-state index contributed by atoms with van der Waals surface area (Å²) < 4.78 is 5.40. The molecule has 0 radical (unpaired) electrons. The first-order valence-electron chi connectivity index (χ1n) is 8.51. The zero-order valence-corrected chi connectivity index (χ0v) is 18.3. The number of fused-ring (bicyclic) bond motifs is 3. The molecule has 0 aromatic heterocycles. The monoisotopic (exact) mass is 596 g/mol. The van der Waals surface area contributed by atoms with Gasteiger partial charge in [-0.05, 0) is 22.3 Å². The summed E-state index contributed by atoms with van der Waals surface area (Å²) in [4.78, 5) is 35.8. The van der Waals surface area contributed by atoms with Gasteiger partial charge in [-0.3, -0.25) is 9.59 Å². The van der Waals surface area contributed by atoms with Gasteiger partial charge in [0.05, 0.1) is 13.1 Å². The number of ether oxygens (including phenoxy) is 1. The fraction of sp³-hybridized carbons (Fsp3) is 0.250. The van der Waals surface area contributed by atoms with Gasteiger partial charge < -0.3 is 32.2 Å². The molecule has 30 heavy (non-hydrogen) atoms. The zero-order chi connectivity index (χ0) is 19.2. The number of likely N-dealkylation sites (tertiary alicyclic amines) is 1. The minimum absolute atomic E-state index is 0. The van der Waals surface area contributed by atoms with Crippen LogP contribution in [0.25, 0.3) is 11.1 Å². The van der Waals surface area contributed by atoms with Gasteiger partial charge in [-0.2, -0.15) is 0 Å². The standard InChI is InChI=1S/C20H17NO6.2H3N.Pt/c22-17(23)20(18(24)25)10-21(11-20)19(26)27-9-16-14-7-3-1-5-12(14)13-6-2-4-8-15(13)16;;;/h1-8,16H,9-11H2,(H,22,23)(H,24,25);2*1H3;. The van der Waals surface area contributed by atoms with Crippen LogP contribution < -0.4 is 12.3 Å². The molecule has 1 fully saturated rings. The number of rotatable bonds is 4. The van der Waals surface area contributed by atoms with Crippen LogP contribution in [0.1, 0.15) is 17.0 Å². The number of carbonyl (C=O) groups is 3. The largest absolute Gasteiger partial charge is 0.480 e. The summed E-state index contributed by atoms with van der Waals surface area (Å²) in [5.74, 6) is -3.00. The molecule has 1 aliphatic heterocycles. The number of carboxylic acid groups (broad SMARTS) is 2. The molecule has 2 aromatic carbocycles. The molecule has 8 N–H and O–H groups in total. The number of amides is 1. The second kappa shape index (κ2) is 9.38. The van der Waals surface area contributed by atoms with Gasteiger partial charge in [-0.25, -0.2) is 4.79 Å². The summed E-state index contributed by atoms with van der Waals surface area (Å²) in [6.07, 6.45) is -0.699. The second-order valence-corrected chi connectivity index (χ2v) is 6.85. The summed E-state index contributed by atoms with van der Waals surface area (Å²) >= 11 is 0. The molecule has 1 heterocycles. The smallest absolute Gasteiger partial charge is 0.409 e. The number of carbonyl (C=O) groups excluding carboxylic acids is 1. The number of hydrogen-bond donors (Lipinski definition) is 4. The van der Waals surface area contributed by atoms with Crippen molar-refractivity contribution < 1.29 is 50.4 Å². The Morgan fingerprint density at radius 2 is 1.33 bits per heavy atom.